The number of carbonyl (C=O) groups is 1. The molecule has 2 rings (SSSR count). The molecule has 1 aliphatic heterocycles. The van der Waals surface area contributed by atoms with E-state index in [1.807, 2.05) is 0 Å². The quantitative estimate of drug-likeness (QED) is 0.804. The van der Waals surface area contributed by atoms with Crippen LogP contribution in [0.5, 0.6) is 5.75 Å². The van der Waals surface area contributed by atoms with E-state index in [2.05, 4.69) is 0 Å². The number of phenolic OH excluding ortho intramolecular Hbond substituents is 1. The monoisotopic (exact) mass is 329 g/mol. The molecule has 0 aliphatic carbocycles. The van der Waals surface area contributed by atoms with Gasteiger partial charge in [0.2, 0.25) is 0 Å². The van der Waals surface area contributed by atoms with E-state index in [-0.39, 0.29) is 12.3 Å². The van der Waals surface area contributed by atoms with Crippen molar-refractivity contribution in [2.45, 2.75) is 37.7 Å². The number of rotatable bonds is 2. The lowest BCUT2D eigenvalue weighted by Gasteiger charge is -2.45. The third-order valence-corrected chi connectivity index (χ3v) is 4.49. The van der Waals surface area contributed by atoms with Crippen LogP contribution in [0, 0.1) is 0 Å². The van der Waals surface area contributed by atoms with Crippen molar-refractivity contribution >= 4 is 16.2 Å². The summed E-state index contributed by atoms with van der Waals surface area (Å²) in [5.74, 6) is -0.515. The van der Waals surface area contributed by atoms with Gasteiger partial charge in [0.25, 0.3) is 10.1 Å². The molecule has 2 atom stereocenters. The Labute approximate surface area is 129 Å². The van der Waals surface area contributed by atoms with Gasteiger partial charge >= 0.3 is 6.09 Å². The number of hydrogen-bond donors (Lipinski definition) is 2. The van der Waals surface area contributed by atoms with Crippen LogP contribution in [-0.2, 0) is 14.9 Å². The molecule has 1 aromatic carbocycles. The molecule has 2 unspecified atom stereocenters. The van der Waals surface area contributed by atoms with E-state index in [1.54, 1.807) is 32.9 Å². The van der Waals surface area contributed by atoms with E-state index < -0.39 is 33.1 Å². The van der Waals surface area contributed by atoms with Crippen molar-refractivity contribution in [2.24, 2.45) is 0 Å². The topological polar surface area (TPSA) is 104 Å². The third kappa shape index (κ3) is 3.50. The Kier molecular flexibility index (Phi) is 4.09. The maximum absolute atomic E-state index is 12.0. The standard InChI is InChI=1S/C14H19NO6S/c1-14(2,3)21-13(17)15-8-11(12(15)22(18,19)20)9-4-6-10(16)7-5-9/h4-7,11-12,16H,8H2,1-3H3,(H,18,19,20). The zero-order chi connectivity index (χ0) is 16.7. The predicted octanol–water partition coefficient (Wildman–Crippen LogP) is 1.94. The lowest BCUT2D eigenvalue weighted by molar-refractivity contribution is -0.000203. The second-order valence-corrected chi connectivity index (χ2v) is 7.75. The molecule has 8 heteroatoms. The highest BCUT2D eigenvalue weighted by Gasteiger charge is 2.51. The highest BCUT2D eigenvalue weighted by atomic mass is 32.2. The molecular formula is C14H19NO6S. The summed E-state index contributed by atoms with van der Waals surface area (Å²) < 4.78 is 37.8. The van der Waals surface area contributed by atoms with Crippen LogP contribution in [0.3, 0.4) is 0 Å². The Morgan fingerprint density at radius 2 is 1.82 bits per heavy atom. The number of carbonyl (C=O) groups excluding carboxylic acids is 1. The summed E-state index contributed by atoms with van der Waals surface area (Å²) >= 11 is 0. The lowest BCUT2D eigenvalue weighted by Crippen LogP contribution is -2.61. The van der Waals surface area contributed by atoms with Crippen molar-refractivity contribution in [1.82, 2.24) is 4.90 Å². The molecule has 1 aromatic rings. The maximum atomic E-state index is 12.0. The summed E-state index contributed by atoms with van der Waals surface area (Å²) in [5.41, 5.74) is -0.148. The van der Waals surface area contributed by atoms with Crippen molar-refractivity contribution in [3.8, 4) is 5.75 Å². The first-order valence-corrected chi connectivity index (χ1v) is 8.24. The van der Waals surface area contributed by atoms with E-state index in [9.17, 15) is 22.9 Å². The molecule has 0 saturated carbocycles. The molecule has 0 aromatic heterocycles. The molecule has 1 saturated heterocycles. The third-order valence-electron chi connectivity index (χ3n) is 3.30. The summed E-state index contributed by atoms with van der Waals surface area (Å²) in [4.78, 5) is 13.0. The van der Waals surface area contributed by atoms with E-state index in [4.69, 9.17) is 4.74 Å². The van der Waals surface area contributed by atoms with Gasteiger partial charge in [0.1, 0.15) is 11.4 Å². The second kappa shape index (κ2) is 5.44. The van der Waals surface area contributed by atoms with Crippen LogP contribution in [0.1, 0.15) is 32.3 Å². The molecular weight excluding hydrogens is 310 g/mol. The molecule has 1 aliphatic rings. The van der Waals surface area contributed by atoms with E-state index in [0.717, 1.165) is 4.90 Å². The van der Waals surface area contributed by atoms with Gasteiger partial charge in [-0.15, -0.1) is 0 Å². The molecule has 1 amide bonds. The maximum Gasteiger partial charge on any atom is 0.411 e. The highest BCUT2D eigenvalue weighted by molar-refractivity contribution is 7.86. The minimum absolute atomic E-state index is 0.0514. The average molecular weight is 329 g/mol. The van der Waals surface area contributed by atoms with Crippen LogP contribution in [0.15, 0.2) is 24.3 Å². The summed E-state index contributed by atoms with van der Waals surface area (Å²) in [6.45, 7) is 5.13. The summed E-state index contributed by atoms with van der Waals surface area (Å²) in [7, 11) is -4.46. The van der Waals surface area contributed by atoms with Gasteiger partial charge in [0.05, 0.1) is 0 Å². The fraction of sp³-hybridized carbons (Fsp3) is 0.500. The Morgan fingerprint density at radius 3 is 2.27 bits per heavy atom. The van der Waals surface area contributed by atoms with Crippen LogP contribution in [0.4, 0.5) is 4.79 Å². The van der Waals surface area contributed by atoms with Gasteiger partial charge in [-0.1, -0.05) is 12.1 Å². The van der Waals surface area contributed by atoms with Crippen LogP contribution >= 0.6 is 0 Å². The molecule has 7 nitrogen and oxygen atoms in total. The molecule has 0 spiro atoms. The minimum Gasteiger partial charge on any atom is -0.508 e. The Bertz CT molecular complexity index is 662. The number of hydrogen-bond acceptors (Lipinski definition) is 5. The van der Waals surface area contributed by atoms with Crippen molar-refractivity contribution in [3.05, 3.63) is 29.8 Å². The smallest absolute Gasteiger partial charge is 0.411 e. The first-order chi connectivity index (χ1) is 9.99. The summed E-state index contributed by atoms with van der Waals surface area (Å²) in [6.07, 6.45) is -0.787. The van der Waals surface area contributed by atoms with Gasteiger partial charge in [-0.3, -0.25) is 9.45 Å². The molecule has 2 N–H and O–H groups in total. The number of aromatic hydroxyl groups is 1. The first kappa shape index (κ1) is 16.6. The lowest BCUT2D eigenvalue weighted by atomic mass is 9.91. The van der Waals surface area contributed by atoms with Crippen LogP contribution < -0.4 is 0 Å². The Morgan fingerprint density at radius 1 is 1.27 bits per heavy atom. The van der Waals surface area contributed by atoms with Gasteiger partial charge in [-0.05, 0) is 38.5 Å². The van der Waals surface area contributed by atoms with Crippen LogP contribution in [0.2, 0.25) is 0 Å². The van der Waals surface area contributed by atoms with Gasteiger partial charge in [0, 0.05) is 12.5 Å². The molecule has 1 heterocycles. The first-order valence-electron chi connectivity index (χ1n) is 6.74. The zero-order valence-electron chi connectivity index (χ0n) is 12.6. The van der Waals surface area contributed by atoms with Crippen molar-refractivity contribution in [1.29, 1.82) is 0 Å². The number of likely N-dealkylation sites (tertiary alicyclic amines) is 1. The normalized spacial score (nSPS) is 22.1. The minimum atomic E-state index is -4.46. The number of nitrogens with zero attached hydrogens (tertiary/aromatic N) is 1. The number of ether oxygens (including phenoxy) is 1. The number of benzene rings is 1. The highest BCUT2D eigenvalue weighted by Crippen LogP contribution is 2.38. The Balaban J connectivity index is 2.23. The largest absolute Gasteiger partial charge is 0.508 e. The molecule has 22 heavy (non-hydrogen) atoms. The van der Waals surface area contributed by atoms with Crippen LogP contribution in [-0.4, -0.2) is 46.6 Å². The summed E-state index contributed by atoms with van der Waals surface area (Å²) in [5, 5.41) is 7.89. The predicted molar refractivity (Wildman–Crippen MR) is 79.1 cm³/mol. The van der Waals surface area contributed by atoms with E-state index >= 15 is 0 Å². The van der Waals surface area contributed by atoms with E-state index in [1.165, 1.54) is 12.1 Å². The fourth-order valence-corrected chi connectivity index (χ4v) is 3.50. The molecule has 1 fully saturated rings. The van der Waals surface area contributed by atoms with Gasteiger partial charge < -0.3 is 9.84 Å². The molecule has 0 radical (unpaired) electrons. The Hall–Kier alpha value is -1.80. The SMILES string of the molecule is CC(C)(C)OC(=O)N1CC(c2ccc(O)cc2)C1S(=O)(=O)O. The number of amides is 1. The van der Waals surface area contributed by atoms with Gasteiger partial charge in [-0.25, -0.2) is 4.79 Å². The fourth-order valence-electron chi connectivity index (χ4n) is 2.34. The van der Waals surface area contributed by atoms with Gasteiger partial charge in [-0.2, -0.15) is 8.42 Å². The van der Waals surface area contributed by atoms with Gasteiger partial charge in [0.15, 0.2) is 5.37 Å². The molecule has 122 valence electrons. The molecule has 0 bridgehead atoms. The second-order valence-electron chi connectivity index (χ2n) is 6.24. The zero-order valence-corrected chi connectivity index (χ0v) is 13.4. The van der Waals surface area contributed by atoms with Crippen molar-refractivity contribution in [3.63, 3.8) is 0 Å². The summed E-state index contributed by atoms with van der Waals surface area (Å²) in [6, 6.07) is 5.97. The van der Waals surface area contributed by atoms with Crippen LogP contribution in [0.25, 0.3) is 0 Å². The van der Waals surface area contributed by atoms with Crippen molar-refractivity contribution in [2.75, 3.05) is 6.54 Å². The number of phenols is 1. The average Bonchev–Trinajstić information content (AvgIpc) is 2.25. The van der Waals surface area contributed by atoms with E-state index in [0.29, 0.717) is 5.56 Å². The van der Waals surface area contributed by atoms with Crippen molar-refractivity contribution < 1.29 is 27.6 Å².